The molecule has 192 valence electrons. The molecule has 35 heavy (non-hydrogen) atoms. The van der Waals surface area contributed by atoms with Crippen LogP contribution in [-0.2, 0) is 22.5 Å². The SMILES string of the molecule is O=C(OC(C(F)(F)F)C(F)(F)F)N1CCC2(CC1)C[C@H]2C(=O)N1CCc2nc(C3CC3)ncc2C1. The molecule has 0 aromatic carbocycles. The summed E-state index contributed by atoms with van der Waals surface area (Å²) in [6.45, 7) is 0.825. The third-order valence-electron chi connectivity index (χ3n) is 7.53. The van der Waals surface area contributed by atoms with Crippen LogP contribution in [0.5, 0.6) is 0 Å². The molecule has 1 atom stereocenters. The van der Waals surface area contributed by atoms with Crippen LogP contribution in [0.25, 0.3) is 0 Å². The highest BCUT2D eigenvalue weighted by molar-refractivity contribution is 5.83. The first kappa shape index (κ1) is 24.1. The maximum absolute atomic E-state index is 13.1. The van der Waals surface area contributed by atoms with E-state index in [9.17, 15) is 35.9 Å². The number of hydrogen-bond donors (Lipinski definition) is 0. The highest BCUT2D eigenvalue weighted by atomic mass is 19.4. The number of piperidine rings is 1. The Bertz CT molecular complexity index is 1000. The number of carbonyl (C=O) groups is 2. The molecule has 1 saturated heterocycles. The standard InChI is InChI=1S/C22H24F6N4O3/c23-21(24,25)18(22(26,27)28)35-19(34)31-7-4-20(5-8-31)9-14(20)17(33)32-6-3-15-13(11-32)10-29-16(30-15)12-1-2-12/h10,12,14,18H,1-9,11H2/t14-/m0/s1. The number of fused-ring (bicyclic) bond motifs is 1. The van der Waals surface area contributed by atoms with E-state index in [2.05, 4.69) is 14.7 Å². The van der Waals surface area contributed by atoms with Crippen LogP contribution in [0.3, 0.4) is 0 Å². The summed E-state index contributed by atoms with van der Waals surface area (Å²) in [4.78, 5) is 36.8. The molecule has 5 rings (SSSR count). The fourth-order valence-corrected chi connectivity index (χ4v) is 5.16. The Labute approximate surface area is 196 Å². The monoisotopic (exact) mass is 506 g/mol. The number of aromatic nitrogens is 2. The summed E-state index contributed by atoms with van der Waals surface area (Å²) in [5.74, 6) is 1.02. The van der Waals surface area contributed by atoms with Gasteiger partial charge in [-0.05, 0) is 37.5 Å². The number of amides is 2. The highest BCUT2D eigenvalue weighted by Crippen LogP contribution is 2.60. The second-order valence-corrected chi connectivity index (χ2v) is 9.94. The summed E-state index contributed by atoms with van der Waals surface area (Å²) in [6.07, 6.45) is -11.5. The maximum Gasteiger partial charge on any atom is 0.434 e. The number of alkyl halides is 6. The van der Waals surface area contributed by atoms with Crippen molar-refractivity contribution in [1.82, 2.24) is 19.8 Å². The minimum absolute atomic E-state index is 0.0212. The Kier molecular flexibility index (Phi) is 5.67. The van der Waals surface area contributed by atoms with Gasteiger partial charge in [0.2, 0.25) is 5.91 Å². The van der Waals surface area contributed by atoms with Gasteiger partial charge in [0.25, 0.3) is 6.10 Å². The molecule has 0 radical (unpaired) electrons. The van der Waals surface area contributed by atoms with Crippen molar-refractivity contribution in [2.24, 2.45) is 11.3 Å². The van der Waals surface area contributed by atoms with Crippen LogP contribution >= 0.6 is 0 Å². The van der Waals surface area contributed by atoms with Crippen molar-refractivity contribution in [3.63, 3.8) is 0 Å². The van der Waals surface area contributed by atoms with Crippen molar-refractivity contribution in [3.8, 4) is 0 Å². The lowest BCUT2D eigenvalue weighted by atomic mass is 9.90. The first-order valence-corrected chi connectivity index (χ1v) is 11.6. The van der Waals surface area contributed by atoms with Gasteiger partial charge >= 0.3 is 18.4 Å². The molecule has 1 spiro atoms. The summed E-state index contributed by atoms with van der Waals surface area (Å²) in [5, 5.41) is 0. The number of likely N-dealkylation sites (tertiary alicyclic amines) is 1. The first-order valence-electron chi connectivity index (χ1n) is 11.6. The second-order valence-electron chi connectivity index (χ2n) is 9.94. The van der Waals surface area contributed by atoms with Crippen molar-refractivity contribution in [3.05, 3.63) is 23.3 Å². The fourth-order valence-electron chi connectivity index (χ4n) is 5.16. The number of rotatable bonds is 3. The van der Waals surface area contributed by atoms with Gasteiger partial charge in [-0.2, -0.15) is 26.3 Å². The zero-order valence-corrected chi connectivity index (χ0v) is 18.7. The molecule has 2 aliphatic heterocycles. The molecule has 7 nitrogen and oxygen atoms in total. The van der Waals surface area contributed by atoms with Crippen LogP contribution < -0.4 is 0 Å². The minimum atomic E-state index is -5.75. The second kappa shape index (κ2) is 8.22. The van der Waals surface area contributed by atoms with Gasteiger partial charge in [-0.15, -0.1) is 0 Å². The summed E-state index contributed by atoms with van der Waals surface area (Å²) >= 11 is 0. The van der Waals surface area contributed by atoms with E-state index in [-0.39, 0.29) is 30.3 Å². The number of hydrogen-bond acceptors (Lipinski definition) is 5. The van der Waals surface area contributed by atoms with Crippen molar-refractivity contribution >= 4 is 12.0 Å². The quantitative estimate of drug-likeness (QED) is 0.580. The van der Waals surface area contributed by atoms with Gasteiger partial charge in [0.05, 0.1) is 5.69 Å². The molecule has 1 aromatic heterocycles. The normalized spacial score (nSPS) is 23.9. The molecule has 2 aliphatic carbocycles. The largest absolute Gasteiger partial charge is 0.434 e. The molecule has 0 unspecified atom stereocenters. The van der Waals surface area contributed by atoms with E-state index in [1.54, 1.807) is 11.1 Å². The van der Waals surface area contributed by atoms with Crippen LogP contribution in [-0.4, -0.2) is 69.9 Å². The number of nitrogens with zero attached hydrogens (tertiary/aromatic N) is 4. The smallest absolute Gasteiger partial charge is 0.426 e. The molecule has 1 aromatic rings. The van der Waals surface area contributed by atoms with Gasteiger partial charge in [0.15, 0.2) is 0 Å². The summed E-state index contributed by atoms with van der Waals surface area (Å²) in [7, 11) is 0. The van der Waals surface area contributed by atoms with Crippen LogP contribution in [0.15, 0.2) is 6.20 Å². The van der Waals surface area contributed by atoms with Crippen molar-refractivity contribution in [1.29, 1.82) is 0 Å². The van der Waals surface area contributed by atoms with E-state index in [0.717, 1.165) is 34.8 Å². The van der Waals surface area contributed by atoms with Crippen LogP contribution in [0.2, 0.25) is 0 Å². The molecule has 3 heterocycles. The van der Waals surface area contributed by atoms with Crippen molar-refractivity contribution < 1.29 is 40.7 Å². The van der Waals surface area contributed by atoms with Crippen molar-refractivity contribution in [2.45, 2.75) is 69.4 Å². The molecular formula is C22H24F6N4O3. The molecular weight excluding hydrogens is 482 g/mol. The van der Waals surface area contributed by atoms with Gasteiger partial charge in [-0.3, -0.25) is 4.79 Å². The van der Waals surface area contributed by atoms with Gasteiger partial charge in [-0.1, -0.05) is 0 Å². The fraction of sp³-hybridized carbons (Fsp3) is 0.727. The predicted molar refractivity (Wildman–Crippen MR) is 107 cm³/mol. The third-order valence-corrected chi connectivity index (χ3v) is 7.53. The van der Waals surface area contributed by atoms with Gasteiger partial charge < -0.3 is 14.5 Å². The first-order chi connectivity index (χ1) is 16.4. The van der Waals surface area contributed by atoms with E-state index in [0.29, 0.717) is 44.7 Å². The number of ether oxygens (including phenoxy) is 1. The van der Waals surface area contributed by atoms with E-state index in [1.807, 2.05) is 0 Å². The maximum atomic E-state index is 13.1. The Hall–Kier alpha value is -2.60. The van der Waals surface area contributed by atoms with Crippen LogP contribution in [0.1, 0.15) is 55.1 Å². The molecule has 0 N–H and O–H groups in total. The van der Waals surface area contributed by atoms with Gasteiger partial charge in [0.1, 0.15) is 5.82 Å². The molecule has 13 heteroatoms. The number of carbonyl (C=O) groups excluding carboxylic acids is 2. The van der Waals surface area contributed by atoms with Crippen LogP contribution in [0, 0.1) is 11.3 Å². The zero-order valence-electron chi connectivity index (χ0n) is 18.7. The van der Waals surface area contributed by atoms with Crippen molar-refractivity contribution in [2.75, 3.05) is 19.6 Å². The summed E-state index contributed by atoms with van der Waals surface area (Å²) in [6, 6.07) is 0. The minimum Gasteiger partial charge on any atom is -0.426 e. The third kappa shape index (κ3) is 4.77. The lowest BCUT2D eigenvalue weighted by Gasteiger charge is -2.34. The molecule has 3 fully saturated rings. The van der Waals surface area contributed by atoms with Gasteiger partial charge in [-0.25, -0.2) is 14.8 Å². The molecule has 0 bridgehead atoms. The lowest BCUT2D eigenvalue weighted by molar-refractivity contribution is -0.308. The van der Waals surface area contributed by atoms with E-state index >= 15 is 0 Å². The average molecular weight is 506 g/mol. The lowest BCUT2D eigenvalue weighted by Crippen LogP contribution is -2.49. The zero-order chi connectivity index (χ0) is 25.2. The summed E-state index contributed by atoms with van der Waals surface area (Å²) in [5.41, 5.74) is 1.51. The van der Waals surface area contributed by atoms with E-state index in [1.165, 1.54) is 0 Å². The van der Waals surface area contributed by atoms with Crippen LogP contribution in [0.4, 0.5) is 31.1 Å². The molecule has 2 saturated carbocycles. The molecule has 4 aliphatic rings. The van der Waals surface area contributed by atoms with E-state index < -0.39 is 24.5 Å². The van der Waals surface area contributed by atoms with Gasteiger partial charge in [0, 0.05) is 56.2 Å². The average Bonchev–Trinajstić information content (AvgIpc) is 3.72. The Morgan fingerprint density at radius 2 is 1.69 bits per heavy atom. The summed E-state index contributed by atoms with van der Waals surface area (Å²) < 4.78 is 79.9. The topological polar surface area (TPSA) is 75.6 Å². The molecule has 2 amide bonds. The Morgan fingerprint density at radius 1 is 1.03 bits per heavy atom. The highest BCUT2D eigenvalue weighted by Gasteiger charge is 2.62. The predicted octanol–water partition coefficient (Wildman–Crippen LogP) is 3.97. The Morgan fingerprint density at radius 3 is 2.29 bits per heavy atom. The Balaban J connectivity index is 1.15. The van der Waals surface area contributed by atoms with E-state index in [4.69, 9.17) is 0 Å². The number of halogens is 6.